The van der Waals surface area contributed by atoms with E-state index in [1.165, 1.54) is 19.3 Å². The highest BCUT2D eigenvalue weighted by Crippen LogP contribution is 2.38. The summed E-state index contributed by atoms with van der Waals surface area (Å²) < 4.78 is 23.2. The second-order valence-corrected chi connectivity index (χ2v) is 9.28. The van der Waals surface area contributed by atoms with Crippen LogP contribution < -0.4 is 5.73 Å². The Kier molecular flexibility index (Phi) is 4.58. The van der Waals surface area contributed by atoms with Crippen LogP contribution in [0.4, 0.5) is 0 Å². The second-order valence-electron chi connectivity index (χ2n) is 6.97. The van der Waals surface area contributed by atoms with E-state index < -0.39 is 9.84 Å². The van der Waals surface area contributed by atoms with Crippen molar-refractivity contribution in [3.63, 3.8) is 0 Å². The zero-order chi connectivity index (χ0) is 14.1. The van der Waals surface area contributed by atoms with E-state index in [1.807, 2.05) is 0 Å². The van der Waals surface area contributed by atoms with Crippen LogP contribution in [-0.4, -0.2) is 50.5 Å². The topological polar surface area (TPSA) is 63.4 Å². The summed E-state index contributed by atoms with van der Waals surface area (Å²) in [7, 11) is -2.80. The molecule has 2 atom stereocenters. The van der Waals surface area contributed by atoms with Gasteiger partial charge in [0.15, 0.2) is 9.84 Å². The number of sulfone groups is 1. The first-order valence-electron chi connectivity index (χ1n) is 7.48. The Morgan fingerprint density at radius 1 is 1.21 bits per heavy atom. The zero-order valence-electron chi connectivity index (χ0n) is 12.3. The highest BCUT2D eigenvalue weighted by atomic mass is 32.2. The fourth-order valence-electron chi connectivity index (χ4n) is 3.51. The first kappa shape index (κ1) is 15.3. The molecule has 0 aromatic carbocycles. The largest absolute Gasteiger partial charge is 0.327 e. The molecular formula is C14H28N2O2S. The van der Waals surface area contributed by atoms with Gasteiger partial charge in [0, 0.05) is 19.1 Å². The molecule has 2 unspecified atom stereocenters. The lowest BCUT2D eigenvalue weighted by Gasteiger charge is -2.43. The molecule has 112 valence electrons. The van der Waals surface area contributed by atoms with Crippen LogP contribution in [0.1, 0.15) is 39.5 Å². The minimum atomic E-state index is -2.80. The van der Waals surface area contributed by atoms with Crippen LogP contribution in [0.5, 0.6) is 0 Å². The monoisotopic (exact) mass is 288 g/mol. The summed E-state index contributed by atoms with van der Waals surface area (Å²) in [6.45, 7) is 7.09. The van der Waals surface area contributed by atoms with Crippen LogP contribution in [0.15, 0.2) is 0 Å². The van der Waals surface area contributed by atoms with E-state index in [9.17, 15) is 8.42 Å². The normalized spacial score (nSPS) is 35.7. The van der Waals surface area contributed by atoms with E-state index in [0.717, 1.165) is 19.5 Å². The molecule has 0 aromatic rings. The Labute approximate surface area is 117 Å². The molecule has 1 saturated carbocycles. The van der Waals surface area contributed by atoms with E-state index in [1.54, 1.807) is 0 Å². The van der Waals surface area contributed by atoms with E-state index in [0.29, 0.717) is 24.0 Å². The molecule has 1 saturated heterocycles. The minimum Gasteiger partial charge on any atom is -0.327 e. The highest BCUT2D eigenvalue weighted by molar-refractivity contribution is 7.91. The molecule has 0 spiro atoms. The van der Waals surface area contributed by atoms with E-state index in [4.69, 9.17) is 5.73 Å². The van der Waals surface area contributed by atoms with Crippen molar-refractivity contribution in [1.29, 1.82) is 0 Å². The standard InChI is InChI=1S/C14H28N2O2S/c1-14(2)6-3-5-12(13(14)15)11-16-7-4-9-19(17,18)10-8-16/h12-13H,3-11,15H2,1-2H3. The van der Waals surface area contributed by atoms with Crippen LogP contribution >= 0.6 is 0 Å². The molecule has 0 radical (unpaired) electrons. The lowest BCUT2D eigenvalue weighted by atomic mass is 9.68. The highest BCUT2D eigenvalue weighted by Gasteiger charge is 2.37. The zero-order valence-corrected chi connectivity index (χ0v) is 13.1. The number of hydrogen-bond donors (Lipinski definition) is 1. The molecule has 1 aliphatic carbocycles. The first-order valence-corrected chi connectivity index (χ1v) is 9.31. The summed E-state index contributed by atoms with van der Waals surface area (Å²) in [6.07, 6.45) is 4.41. The van der Waals surface area contributed by atoms with Crippen LogP contribution in [0.25, 0.3) is 0 Å². The first-order chi connectivity index (χ1) is 8.80. The number of hydrogen-bond acceptors (Lipinski definition) is 4. The van der Waals surface area contributed by atoms with Gasteiger partial charge in [-0.05, 0) is 37.1 Å². The third kappa shape index (κ3) is 3.92. The molecule has 1 heterocycles. The fraction of sp³-hybridized carbons (Fsp3) is 1.00. The summed E-state index contributed by atoms with van der Waals surface area (Å²) in [6, 6.07) is 0.237. The maximum atomic E-state index is 11.6. The van der Waals surface area contributed by atoms with Crippen molar-refractivity contribution in [3.05, 3.63) is 0 Å². The van der Waals surface area contributed by atoms with E-state index in [-0.39, 0.29) is 11.5 Å². The smallest absolute Gasteiger partial charge is 0.151 e. The molecule has 2 rings (SSSR count). The van der Waals surface area contributed by atoms with Crippen molar-refractivity contribution in [2.24, 2.45) is 17.1 Å². The third-order valence-corrected chi connectivity index (χ3v) is 6.66. The molecule has 2 aliphatic rings. The average Bonchev–Trinajstić information content (AvgIpc) is 2.47. The maximum absolute atomic E-state index is 11.6. The second kappa shape index (κ2) is 5.70. The Morgan fingerprint density at radius 3 is 2.68 bits per heavy atom. The average molecular weight is 288 g/mol. The Morgan fingerprint density at radius 2 is 1.95 bits per heavy atom. The predicted octanol–water partition coefficient (Wildman–Crippen LogP) is 1.26. The Hall–Kier alpha value is -0.130. The molecule has 4 nitrogen and oxygen atoms in total. The Bertz CT molecular complexity index is 406. The van der Waals surface area contributed by atoms with Gasteiger partial charge < -0.3 is 10.6 Å². The van der Waals surface area contributed by atoms with Gasteiger partial charge >= 0.3 is 0 Å². The van der Waals surface area contributed by atoms with Crippen molar-refractivity contribution in [2.45, 2.75) is 45.6 Å². The van der Waals surface area contributed by atoms with Gasteiger partial charge in [-0.1, -0.05) is 20.3 Å². The van der Waals surface area contributed by atoms with Gasteiger partial charge in [-0.15, -0.1) is 0 Å². The molecule has 0 aromatic heterocycles. The summed E-state index contributed by atoms with van der Waals surface area (Å²) in [5.74, 6) is 1.19. The summed E-state index contributed by atoms with van der Waals surface area (Å²) >= 11 is 0. The molecular weight excluding hydrogens is 260 g/mol. The molecule has 2 N–H and O–H groups in total. The summed E-state index contributed by atoms with van der Waals surface area (Å²) in [5, 5.41) is 0. The van der Waals surface area contributed by atoms with Crippen LogP contribution in [0.3, 0.4) is 0 Å². The lowest BCUT2D eigenvalue weighted by Crippen LogP contribution is -2.50. The number of nitrogens with zero attached hydrogens (tertiary/aromatic N) is 1. The van der Waals surface area contributed by atoms with Crippen LogP contribution in [0.2, 0.25) is 0 Å². The quantitative estimate of drug-likeness (QED) is 0.831. The fourth-order valence-corrected chi connectivity index (χ4v) is 4.82. The molecule has 5 heteroatoms. The molecule has 0 bridgehead atoms. The van der Waals surface area contributed by atoms with Crippen molar-refractivity contribution in [1.82, 2.24) is 4.90 Å². The van der Waals surface area contributed by atoms with Crippen molar-refractivity contribution < 1.29 is 8.42 Å². The Balaban J connectivity index is 1.93. The summed E-state index contributed by atoms with van der Waals surface area (Å²) in [5.41, 5.74) is 6.64. The van der Waals surface area contributed by atoms with Crippen molar-refractivity contribution in [3.8, 4) is 0 Å². The van der Waals surface area contributed by atoms with Crippen LogP contribution in [0, 0.1) is 11.3 Å². The van der Waals surface area contributed by atoms with Crippen LogP contribution in [-0.2, 0) is 9.84 Å². The molecule has 1 aliphatic heterocycles. The minimum absolute atomic E-state index is 0.223. The molecule has 2 fully saturated rings. The molecule has 0 amide bonds. The van der Waals surface area contributed by atoms with Crippen molar-refractivity contribution >= 4 is 9.84 Å². The van der Waals surface area contributed by atoms with E-state index >= 15 is 0 Å². The van der Waals surface area contributed by atoms with Gasteiger partial charge in [0.2, 0.25) is 0 Å². The van der Waals surface area contributed by atoms with Gasteiger partial charge in [0.25, 0.3) is 0 Å². The van der Waals surface area contributed by atoms with Gasteiger partial charge in [0.05, 0.1) is 11.5 Å². The van der Waals surface area contributed by atoms with Gasteiger partial charge in [-0.3, -0.25) is 0 Å². The predicted molar refractivity (Wildman–Crippen MR) is 78.8 cm³/mol. The number of rotatable bonds is 2. The number of nitrogens with two attached hydrogens (primary N) is 1. The third-order valence-electron chi connectivity index (χ3n) is 4.95. The summed E-state index contributed by atoms with van der Waals surface area (Å²) in [4.78, 5) is 2.32. The molecule has 19 heavy (non-hydrogen) atoms. The SMILES string of the molecule is CC1(C)CCCC(CN2CCCS(=O)(=O)CC2)C1N. The van der Waals surface area contributed by atoms with E-state index in [2.05, 4.69) is 18.7 Å². The van der Waals surface area contributed by atoms with Gasteiger partial charge in [-0.25, -0.2) is 8.42 Å². The van der Waals surface area contributed by atoms with Crippen molar-refractivity contribution in [2.75, 3.05) is 31.1 Å². The van der Waals surface area contributed by atoms with Gasteiger partial charge in [-0.2, -0.15) is 0 Å². The maximum Gasteiger partial charge on any atom is 0.151 e. The van der Waals surface area contributed by atoms with Gasteiger partial charge in [0.1, 0.15) is 0 Å². The lowest BCUT2D eigenvalue weighted by molar-refractivity contribution is 0.105.